The largest absolute Gasteiger partial charge is 0.236 e. The number of hydrogen-bond donors (Lipinski definition) is 0. The molecule has 1 fully saturated rings. The maximum Gasteiger partial charge on any atom is 0.153 e. The lowest BCUT2D eigenvalue weighted by molar-refractivity contribution is 1.28. The molecule has 2 nitrogen and oxygen atoms in total. The van der Waals surface area contributed by atoms with Gasteiger partial charge in [-0.05, 0) is 12.1 Å². The molecule has 1 aliphatic rings. The van der Waals surface area contributed by atoms with E-state index in [2.05, 4.69) is 9.98 Å². The maximum absolute atomic E-state index is 5.67. The molecule has 0 radical (unpaired) electrons. The molecular formula is C7H5ClN2S2. The minimum Gasteiger partial charge on any atom is -0.236 e. The van der Waals surface area contributed by atoms with Gasteiger partial charge in [0.15, 0.2) is 5.82 Å². The Kier molecular flexibility index (Phi) is 2.58. The third kappa shape index (κ3) is 1.94. The number of rotatable bonds is 1. The Labute approximate surface area is 83.8 Å². The summed E-state index contributed by atoms with van der Waals surface area (Å²) >= 11 is 9.16. The van der Waals surface area contributed by atoms with Gasteiger partial charge in [-0.2, -0.15) is 0 Å². The van der Waals surface area contributed by atoms with Gasteiger partial charge in [-0.3, -0.25) is 0 Å². The number of thioether (sulfide) groups is 2. The third-order valence-electron chi connectivity index (χ3n) is 1.28. The van der Waals surface area contributed by atoms with Crippen LogP contribution in [0, 0.1) is 0 Å². The number of hydrogen-bond acceptors (Lipinski definition) is 4. The lowest BCUT2D eigenvalue weighted by Crippen LogP contribution is -1.97. The second-order valence-corrected chi connectivity index (χ2v) is 5.11. The summed E-state index contributed by atoms with van der Waals surface area (Å²) in [5.74, 6) is 0.731. The predicted octanol–water partition coefficient (Wildman–Crippen LogP) is 3.16. The van der Waals surface area contributed by atoms with Crippen molar-refractivity contribution >= 4 is 45.3 Å². The van der Waals surface area contributed by atoms with E-state index in [1.54, 1.807) is 35.8 Å². The van der Waals surface area contributed by atoms with Gasteiger partial charge in [0.1, 0.15) is 4.38 Å². The number of halogens is 1. The first-order chi connectivity index (χ1) is 5.84. The van der Waals surface area contributed by atoms with Crippen molar-refractivity contribution in [3.05, 3.63) is 23.4 Å². The van der Waals surface area contributed by atoms with Crippen molar-refractivity contribution < 1.29 is 0 Å². The normalized spacial score (nSPS) is 15.6. The molecule has 0 saturated carbocycles. The van der Waals surface area contributed by atoms with Gasteiger partial charge in [0.25, 0.3) is 0 Å². The second kappa shape index (κ2) is 3.68. The van der Waals surface area contributed by atoms with Crippen LogP contribution < -0.4 is 0 Å². The van der Waals surface area contributed by atoms with E-state index in [9.17, 15) is 0 Å². The Morgan fingerprint density at radius 3 is 2.75 bits per heavy atom. The number of nitrogens with zero attached hydrogens (tertiary/aromatic N) is 2. The first-order valence-corrected chi connectivity index (χ1v) is 5.65. The van der Waals surface area contributed by atoms with Gasteiger partial charge in [0.2, 0.25) is 0 Å². The molecule has 0 aliphatic carbocycles. The van der Waals surface area contributed by atoms with E-state index >= 15 is 0 Å². The number of aromatic nitrogens is 1. The summed E-state index contributed by atoms with van der Waals surface area (Å²) in [5, 5.41) is 1.75. The Hall–Kier alpha value is -0.190. The molecule has 12 heavy (non-hydrogen) atoms. The SMILES string of the molecule is Clc1ccc(N=C2SCS2)nc1. The van der Waals surface area contributed by atoms with Gasteiger partial charge in [0, 0.05) is 6.20 Å². The van der Waals surface area contributed by atoms with Crippen molar-refractivity contribution in [1.29, 1.82) is 0 Å². The molecule has 62 valence electrons. The standard InChI is InChI=1S/C7H5ClN2S2/c8-5-1-2-6(9-3-5)10-7-11-4-12-7/h1-3H,4H2. The summed E-state index contributed by atoms with van der Waals surface area (Å²) < 4.78 is 1.09. The molecule has 0 atom stereocenters. The Balaban J connectivity index is 2.18. The zero-order valence-electron chi connectivity index (χ0n) is 6.03. The van der Waals surface area contributed by atoms with Crippen LogP contribution in [0.4, 0.5) is 5.82 Å². The van der Waals surface area contributed by atoms with Crippen LogP contribution in [0.1, 0.15) is 0 Å². The monoisotopic (exact) mass is 216 g/mol. The molecule has 1 saturated heterocycles. The van der Waals surface area contributed by atoms with Gasteiger partial charge in [-0.15, -0.1) is 0 Å². The van der Waals surface area contributed by atoms with Gasteiger partial charge in [-0.1, -0.05) is 35.1 Å². The lowest BCUT2D eigenvalue weighted by Gasteiger charge is -2.11. The highest BCUT2D eigenvalue weighted by atomic mass is 35.5. The van der Waals surface area contributed by atoms with Crippen molar-refractivity contribution in [1.82, 2.24) is 4.98 Å². The van der Waals surface area contributed by atoms with E-state index in [0.29, 0.717) is 5.02 Å². The number of aliphatic imine (C=N–C) groups is 1. The zero-order valence-corrected chi connectivity index (χ0v) is 8.42. The fourth-order valence-electron chi connectivity index (χ4n) is 0.704. The molecule has 0 unspecified atom stereocenters. The summed E-state index contributed by atoms with van der Waals surface area (Å²) in [6.07, 6.45) is 1.61. The molecule has 1 aromatic rings. The average Bonchev–Trinajstić information content (AvgIpc) is 2.00. The van der Waals surface area contributed by atoms with Crippen molar-refractivity contribution in [3.8, 4) is 0 Å². The van der Waals surface area contributed by atoms with Crippen molar-refractivity contribution in [2.45, 2.75) is 0 Å². The van der Waals surface area contributed by atoms with Gasteiger partial charge in [-0.25, -0.2) is 9.98 Å². The van der Waals surface area contributed by atoms with Crippen molar-refractivity contribution in [2.24, 2.45) is 4.99 Å². The molecule has 0 bridgehead atoms. The Morgan fingerprint density at radius 2 is 2.25 bits per heavy atom. The molecule has 0 spiro atoms. The third-order valence-corrected chi connectivity index (χ3v) is 3.83. The minimum atomic E-state index is 0.646. The van der Waals surface area contributed by atoms with Crippen LogP contribution in [0.15, 0.2) is 23.3 Å². The summed E-state index contributed by atoms with van der Waals surface area (Å²) in [6, 6.07) is 3.61. The quantitative estimate of drug-likeness (QED) is 0.721. The van der Waals surface area contributed by atoms with Gasteiger partial charge < -0.3 is 0 Å². The fraction of sp³-hybridized carbons (Fsp3) is 0.143. The first kappa shape index (κ1) is 8.41. The highest BCUT2D eigenvalue weighted by Gasteiger charge is 2.11. The highest BCUT2D eigenvalue weighted by molar-refractivity contribution is 8.52. The fourth-order valence-corrected chi connectivity index (χ4v) is 2.02. The van der Waals surface area contributed by atoms with Crippen molar-refractivity contribution in [3.63, 3.8) is 0 Å². The number of pyridine rings is 1. The van der Waals surface area contributed by atoms with E-state index in [1.807, 2.05) is 6.07 Å². The van der Waals surface area contributed by atoms with Crippen LogP contribution in [-0.4, -0.2) is 14.4 Å². The predicted molar refractivity (Wildman–Crippen MR) is 56.4 cm³/mol. The van der Waals surface area contributed by atoms with Crippen LogP contribution in [0.5, 0.6) is 0 Å². The molecule has 1 aliphatic heterocycles. The minimum absolute atomic E-state index is 0.646. The molecule has 0 amide bonds. The Morgan fingerprint density at radius 1 is 1.42 bits per heavy atom. The summed E-state index contributed by atoms with van der Waals surface area (Å²) in [6.45, 7) is 0. The molecule has 2 rings (SSSR count). The molecule has 0 aromatic carbocycles. The van der Waals surface area contributed by atoms with E-state index in [0.717, 1.165) is 15.3 Å². The zero-order chi connectivity index (χ0) is 8.39. The van der Waals surface area contributed by atoms with E-state index < -0.39 is 0 Å². The second-order valence-electron chi connectivity index (χ2n) is 2.12. The average molecular weight is 217 g/mol. The molecule has 5 heteroatoms. The first-order valence-electron chi connectivity index (χ1n) is 3.30. The smallest absolute Gasteiger partial charge is 0.153 e. The van der Waals surface area contributed by atoms with Crippen molar-refractivity contribution in [2.75, 3.05) is 5.08 Å². The van der Waals surface area contributed by atoms with Crippen LogP contribution in [0.25, 0.3) is 0 Å². The summed E-state index contributed by atoms with van der Waals surface area (Å²) in [5.41, 5.74) is 0. The van der Waals surface area contributed by atoms with E-state index in [4.69, 9.17) is 11.6 Å². The molecule has 1 aromatic heterocycles. The van der Waals surface area contributed by atoms with Crippen LogP contribution >= 0.6 is 35.1 Å². The lowest BCUT2D eigenvalue weighted by atomic mass is 10.5. The summed E-state index contributed by atoms with van der Waals surface area (Å²) in [4.78, 5) is 8.33. The van der Waals surface area contributed by atoms with Gasteiger partial charge in [0.05, 0.1) is 10.1 Å². The van der Waals surface area contributed by atoms with Gasteiger partial charge >= 0.3 is 0 Å². The van der Waals surface area contributed by atoms with E-state index in [-0.39, 0.29) is 0 Å². The maximum atomic E-state index is 5.67. The molecular weight excluding hydrogens is 212 g/mol. The summed E-state index contributed by atoms with van der Waals surface area (Å²) in [7, 11) is 0. The topological polar surface area (TPSA) is 25.2 Å². The Bertz CT molecular complexity index is 304. The van der Waals surface area contributed by atoms with Crippen LogP contribution in [-0.2, 0) is 0 Å². The van der Waals surface area contributed by atoms with E-state index in [1.165, 1.54) is 0 Å². The molecule has 2 heterocycles. The molecule has 0 N–H and O–H groups in total. The van der Waals surface area contributed by atoms with Crippen LogP contribution in [0.2, 0.25) is 5.02 Å². The van der Waals surface area contributed by atoms with Crippen LogP contribution in [0.3, 0.4) is 0 Å². The highest BCUT2D eigenvalue weighted by Crippen LogP contribution is 2.34.